The Hall–Kier alpha value is -1.56. The lowest BCUT2D eigenvalue weighted by atomic mass is 9.98. The molecule has 3 aromatic rings. The Labute approximate surface area is 134 Å². The van der Waals surface area contributed by atoms with E-state index in [1.54, 1.807) is 0 Å². The van der Waals surface area contributed by atoms with Crippen LogP contribution in [-0.2, 0) is 0 Å². The molecule has 4 nitrogen and oxygen atoms in total. The Morgan fingerprint density at radius 2 is 1.76 bits per heavy atom. The number of nitrogens with one attached hydrogen (secondary N) is 3. The lowest BCUT2D eigenvalue weighted by Crippen LogP contribution is -2.17. The molecule has 108 valence electrons. The van der Waals surface area contributed by atoms with Gasteiger partial charge in [0.1, 0.15) is 0 Å². The topological polar surface area (TPSA) is 60.7 Å². The van der Waals surface area contributed by atoms with E-state index in [4.69, 9.17) is 11.6 Å². The van der Waals surface area contributed by atoms with E-state index in [1.165, 1.54) is 0 Å². The summed E-state index contributed by atoms with van der Waals surface area (Å²) in [6, 6.07) is 11.7. The van der Waals surface area contributed by atoms with Crippen molar-refractivity contribution < 1.29 is 0 Å². The number of aromatic nitrogens is 2. The lowest BCUT2D eigenvalue weighted by molar-refractivity contribution is 0.692. The fourth-order valence-electron chi connectivity index (χ4n) is 2.45. The Morgan fingerprint density at radius 3 is 2.48 bits per heavy atom. The fraction of sp³-hybridized carbons (Fsp3) is 0.133. The number of hydrogen-bond donors (Lipinski definition) is 3. The number of fused-ring (bicyclic) bond motifs is 1. The second-order valence-electron chi connectivity index (χ2n) is 4.78. The summed E-state index contributed by atoms with van der Waals surface area (Å²) in [5.74, 6) is 0. The molecule has 1 atom stereocenters. The van der Waals surface area contributed by atoms with Crippen LogP contribution in [0.2, 0.25) is 5.02 Å². The van der Waals surface area contributed by atoms with E-state index >= 15 is 0 Å². The maximum absolute atomic E-state index is 11.3. The van der Waals surface area contributed by atoms with Gasteiger partial charge in [-0.2, -0.15) is 0 Å². The van der Waals surface area contributed by atoms with Gasteiger partial charge in [0.05, 0.1) is 22.1 Å². The normalized spacial score (nSPS) is 12.7. The van der Waals surface area contributed by atoms with Crippen LogP contribution in [0.1, 0.15) is 17.2 Å². The quantitative estimate of drug-likeness (QED) is 0.663. The number of H-pyrrole nitrogens is 2. The molecule has 0 aliphatic heterocycles. The van der Waals surface area contributed by atoms with Crippen LogP contribution in [-0.4, -0.2) is 17.0 Å². The molecule has 0 bridgehead atoms. The molecule has 0 aliphatic rings. The first kappa shape index (κ1) is 14.4. The van der Waals surface area contributed by atoms with Gasteiger partial charge in [-0.25, -0.2) is 4.79 Å². The number of benzene rings is 2. The molecular formula is C15H13BrClN3O. The van der Waals surface area contributed by atoms with E-state index < -0.39 is 0 Å². The maximum atomic E-state index is 11.3. The third kappa shape index (κ3) is 2.77. The number of halogens is 2. The van der Waals surface area contributed by atoms with Crippen LogP contribution in [0.4, 0.5) is 0 Å². The number of hydrogen-bond acceptors (Lipinski definition) is 2. The van der Waals surface area contributed by atoms with Crippen molar-refractivity contribution in [3.8, 4) is 0 Å². The summed E-state index contributed by atoms with van der Waals surface area (Å²) in [5.41, 5.74) is 3.50. The monoisotopic (exact) mass is 365 g/mol. The van der Waals surface area contributed by atoms with E-state index in [2.05, 4.69) is 31.2 Å². The van der Waals surface area contributed by atoms with Gasteiger partial charge in [0.15, 0.2) is 0 Å². The SMILES string of the molecule is CNC(c1ccc(Br)c(Cl)c1)c1ccc2[nH]c(=O)[nH]c2c1. The molecule has 1 heterocycles. The van der Waals surface area contributed by atoms with E-state index in [-0.39, 0.29) is 11.7 Å². The van der Waals surface area contributed by atoms with Crippen molar-refractivity contribution in [2.75, 3.05) is 7.05 Å². The number of aromatic amines is 2. The molecule has 21 heavy (non-hydrogen) atoms. The predicted octanol–water partition coefficient (Wildman–Crippen LogP) is 3.58. The van der Waals surface area contributed by atoms with Crippen molar-refractivity contribution in [2.24, 2.45) is 0 Å². The maximum Gasteiger partial charge on any atom is 0.323 e. The molecule has 0 saturated carbocycles. The van der Waals surface area contributed by atoms with Gasteiger partial charge in [0, 0.05) is 4.47 Å². The zero-order valence-corrected chi connectivity index (χ0v) is 13.5. The Bertz CT molecular complexity index is 855. The molecule has 0 spiro atoms. The van der Waals surface area contributed by atoms with E-state index in [0.29, 0.717) is 5.02 Å². The van der Waals surface area contributed by atoms with Gasteiger partial charge in [-0.1, -0.05) is 23.7 Å². The summed E-state index contributed by atoms with van der Waals surface area (Å²) >= 11 is 9.57. The van der Waals surface area contributed by atoms with Gasteiger partial charge in [-0.3, -0.25) is 0 Å². The molecule has 1 unspecified atom stereocenters. The molecule has 0 aliphatic carbocycles. The molecule has 0 fully saturated rings. The smallest absolute Gasteiger partial charge is 0.309 e. The van der Waals surface area contributed by atoms with Crippen molar-refractivity contribution >= 4 is 38.6 Å². The second-order valence-corrected chi connectivity index (χ2v) is 6.04. The average Bonchev–Trinajstić information content (AvgIpc) is 2.83. The van der Waals surface area contributed by atoms with Gasteiger partial charge < -0.3 is 15.3 Å². The van der Waals surface area contributed by atoms with Gasteiger partial charge >= 0.3 is 5.69 Å². The van der Waals surface area contributed by atoms with Gasteiger partial charge in [0.2, 0.25) is 0 Å². The van der Waals surface area contributed by atoms with Gasteiger partial charge in [0.25, 0.3) is 0 Å². The van der Waals surface area contributed by atoms with Crippen LogP contribution in [0.15, 0.2) is 45.7 Å². The summed E-state index contributed by atoms with van der Waals surface area (Å²) in [5, 5.41) is 3.95. The van der Waals surface area contributed by atoms with Crippen LogP contribution in [0.25, 0.3) is 11.0 Å². The fourth-order valence-corrected chi connectivity index (χ4v) is 2.88. The number of rotatable bonds is 3. The molecule has 3 rings (SSSR count). The molecule has 1 aromatic heterocycles. The van der Waals surface area contributed by atoms with Crippen molar-refractivity contribution in [3.63, 3.8) is 0 Å². The predicted molar refractivity (Wildman–Crippen MR) is 89.0 cm³/mol. The summed E-state index contributed by atoms with van der Waals surface area (Å²) in [6.45, 7) is 0. The van der Waals surface area contributed by atoms with Crippen LogP contribution in [0.5, 0.6) is 0 Å². The minimum atomic E-state index is -0.199. The van der Waals surface area contributed by atoms with Crippen molar-refractivity contribution in [1.29, 1.82) is 0 Å². The highest BCUT2D eigenvalue weighted by atomic mass is 79.9. The Morgan fingerprint density at radius 1 is 1.10 bits per heavy atom. The zero-order chi connectivity index (χ0) is 15.0. The first-order valence-electron chi connectivity index (χ1n) is 6.42. The summed E-state index contributed by atoms with van der Waals surface area (Å²) < 4.78 is 0.869. The third-order valence-corrected chi connectivity index (χ3v) is 4.67. The van der Waals surface area contributed by atoms with Crippen molar-refractivity contribution in [3.05, 3.63) is 67.5 Å². The minimum absolute atomic E-state index is 0.00148. The largest absolute Gasteiger partial charge is 0.323 e. The highest BCUT2D eigenvalue weighted by Gasteiger charge is 2.14. The summed E-state index contributed by atoms with van der Waals surface area (Å²) in [7, 11) is 1.89. The van der Waals surface area contributed by atoms with Crippen LogP contribution < -0.4 is 11.0 Å². The Kier molecular flexibility index (Phi) is 3.89. The number of imidazole rings is 1. The molecule has 0 radical (unpaired) electrons. The molecular weight excluding hydrogens is 354 g/mol. The summed E-state index contributed by atoms with van der Waals surface area (Å²) in [6.07, 6.45) is 0. The average molecular weight is 367 g/mol. The van der Waals surface area contributed by atoms with E-state index in [0.717, 1.165) is 26.6 Å². The summed E-state index contributed by atoms with van der Waals surface area (Å²) in [4.78, 5) is 16.9. The first-order valence-corrected chi connectivity index (χ1v) is 7.60. The minimum Gasteiger partial charge on any atom is -0.309 e. The standard InChI is InChI=1S/C15H13BrClN3O/c1-18-14(8-2-4-10(16)11(17)6-8)9-3-5-12-13(7-9)20-15(21)19-12/h2-7,14,18H,1H3,(H2,19,20,21). The van der Waals surface area contributed by atoms with Crippen LogP contribution >= 0.6 is 27.5 Å². The van der Waals surface area contributed by atoms with Gasteiger partial charge in [-0.15, -0.1) is 0 Å². The molecule has 2 aromatic carbocycles. The van der Waals surface area contributed by atoms with Crippen molar-refractivity contribution in [2.45, 2.75) is 6.04 Å². The first-order chi connectivity index (χ1) is 10.1. The zero-order valence-electron chi connectivity index (χ0n) is 11.2. The Balaban J connectivity index is 2.08. The molecule has 3 N–H and O–H groups in total. The van der Waals surface area contributed by atoms with Crippen molar-refractivity contribution in [1.82, 2.24) is 15.3 Å². The van der Waals surface area contributed by atoms with E-state index in [9.17, 15) is 4.79 Å². The lowest BCUT2D eigenvalue weighted by Gasteiger charge is -2.18. The highest BCUT2D eigenvalue weighted by Crippen LogP contribution is 2.29. The van der Waals surface area contributed by atoms with Gasteiger partial charge in [-0.05, 0) is 58.4 Å². The second kappa shape index (κ2) is 5.67. The highest BCUT2D eigenvalue weighted by molar-refractivity contribution is 9.10. The van der Waals surface area contributed by atoms with Crippen LogP contribution in [0, 0.1) is 0 Å². The molecule has 0 amide bonds. The van der Waals surface area contributed by atoms with E-state index in [1.807, 2.05) is 43.4 Å². The molecule has 0 saturated heterocycles. The third-order valence-electron chi connectivity index (χ3n) is 3.44. The molecule has 6 heteroatoms. The van der Waals surface area contributed by atoms with Crippen LogP contribution in [0.3, 0.4) is 0 Å².